The van der Waals surface area contributed by atoms with Crippen molar-refractivity contribution in [2.75, 3.05) is 26.2 Å². The van der Waals surface area contributed by atoms with Crippen LogP contribution >= 0.6 is 0 Å². The number of carbonyl (C=O) groups excluding carboxylic acids is 1. The highest BCUT2D eigenvalue weighted by molar-refractivity contribution is 5.80. The Bertz CT molecular complexity index is 947. The van der Waals surface area contributed by atoms with E-state index in [0.717, 1.165) is 32.0 Å². The SMILES string of the molecule is CCn1c(=O)c(=O)n(CC(=O)NCCCN2CCC[C@@H](C)C2)c2ccccc21. The number of likely N-dealkylation sites (tertiary alicyclic amines) is 1. The summed E-state index contributed by atoms with van der Waals surface area (Å²) in [6.45, 7) is 8.19. The van der Waals surface area contributed by atoms with Crippen molar-refractivity contribution in [2.45, 2.75) is 46.2 Å². The smallest absolute Gasteiger partial charge is 0.317 e. The lowest BCUT2D eigenvalue weighted by Gasteiger charge is -2.30. The molecule has 0 radical (unpaired) electrons. The number of nitrogens with one attached hydrogen (secondary N) is 1. The van der Waals surface area contributed by atoms with E-state index in [0.29, 0.717) is 24.1 Å². The molecule has 3 rings (SSSR count). The number of para-hydroxylation sites is 2. The van der Waals surface area contributed by atoms with Gasteiger partial charge in [-0.2, -0.15) is 0 Å². The zero-order valence-corrected chi connectivity index (χ0v) is 16.8. The minimum absolute atomic E-state index is 0.139. The van der Waals surface area contributed by atoms with E-state index in [9.17, 15) is 14.4 Å². The molecule has 1 aromatic carbocycles. The van der Waals surface area contributed by atoms with Crippen molar-refractivity contribution < 1.29 is 4.79 Å². The molecule has 1 atom stereocenters. The van der Waals surface area contributed by atoms with Gasteiger partial charge in [-0.05, 0) is 57.3 Å². The van der Waals surface area contributed by atoms with Gasteiger partial charge in [-0.1, -0.05) is 19.1 Å². The van der Waals surface area contributed by atoms with E-state index < -0.39 is 11.1 Å². The van der Waals surface area contributed by atoms with Gasteiger partial charge in [-0.25, -0.2) is 0 Å². The first kappa shape index (κ1) is 20.3. The lowest BCUT2D eigenvalue weighted by molar-refractivity contribution is -0.121. The van der Waals surface area contributed by atoms with Crippen LogP contribution in [0.1, 0.15) is 33.1 Å². The quantitative estimate of drug-likeness (QED) is 0.577. The Morgan fingerprint density at radius 1 is 1.14 bits per heavy atom. The van der Waals surface area contributed by atoms with Crippen molar-refractivity contribution in [3.8, 4) is 0 Å². The molecule has 1 aromatic heterocycles. The van der Waals surface area contributed by atoms with Crippen molar-refractivity contribution >= 4 is 16.9 Å². The van der Waals surface area contributed by atoms with Crippen LogP contribution in [-0.2, 0) is 17.9 Å². The number of carbonyl (C=O) groups is 1. The standard InChI is InChI=1S/C21H30N4O3/c1-3-24-17-9-4-5-10-18(17)25(21(28)20(24)27)15-19(26)22-11-7-13-23-12-6-8-16(2)14-23/h4-5,9-10,16H,3,6-8,11-15H2,1-2H3,(H,22,26)/t16-/m1/s1. The minimum atomic E-state index is -0.655. The Balaban J connectivity index is 1.63. The average molecular weight is 386 g/mol. The van der Waals surface area contributed by atoms with E-state index in [4.69, 9.17) is 0 Å². The van der Waals surface area contributed by atoms with E-state index in [1.54, 1.807) is 18.2 Å². The summed E-state index contributed by atoms with van der Waals surface area (Å²) in [5.41, 5.74) is 0.0271. The fourth-order valence-corrected chi connectivity index (χ4v) is 4.06. The molecule has 1 aliphatic rings. The van der Waals surface area contributed by atoms with Crippen LogP contribution in [0.4, 0.5) is 0 Å². The van der Waals surface area contributed by atoms with Crippen molar-refractivity contribution in [3.05, 3.63) is 45.0 Å². The fraction of sp³-hybridized carbons (Fsp3) is 0.571. The lowest BCUT2D eigenvalue weighted by atomic mass is 10.0. The Labute approximate surface area is 165 Å². The maximum Gasteiger partial charge on any atom is 0.317 e. The average Bonchev–Trinajstić information content (AvgIpc) is 2.69. The molecule has 1 N–H and O–H groups in total. The van der Waals surface area contributed by atoms with Crippen LogP contribution in [0, 0.1) is 5.92 Å². The maximum atomic E-state index is 12.5. The van der Waals surface area contributed by atoms with E-state index in [-0.39, 0.29) is 12.5 Å². The van der Waals surface area contributed by atoms with Crippen LogP contribution < -0.4 is 16.4 Å². The number of aromatic nitrogens is 2. The van der Waals surface area contributed by atoms with Gasteiger partial charge in [0, 0.05) is 19.6 Å². The molecule has 1 saturated heterocycles. The summed E-state index contributed by atoms with van der Waals surface area (Å²) in [4.78, 5) is 39.7. The Morgan fingerprint density at radius 3 is 2.50 bits per heavy atom. The molecule has 2 aromatic rings. The summed E-state index contributed by atoms with van der Waals surface area (Å²) in [6, 6.07) is 7.20. The molecular weight excluding hydrogens is 356 g/mol. The van der Waals surface area contributed by atoms with Crippen molar-refractivity contribution in [3.63, 3.8) is 0 Å². The fourth-order valence-electron chi connectivity index (χ4n) is 4.06. The van der Waals surface area contributed by atoms with Gasteiger partial charge in [-0.15, -0.1) is 0 Å². The van der Waals surface area contributed by atoms with Gasteiger partial charge in [0.2, 0.25) is 5.91 Å². The highest BCUT2D eigenvalue weighted by Gasteiger charge is 2.16. The van der Waals surface area contributed by atoms with Crippen LogP contribution in [0.5, 0.6) is 0 Å². The summed E-state index contributed by atoms with van der Waals surface area (Å²) in [5.74, 6) is 0.502. The number of amides is 1. The van der Waals surface area contributed by atoms with Crippen LogP contribution in [-0.4, -0.2) is 46.1 Å². The highest BCUT2D eigenvalue weighted by atomic mass is 16.2. The van der Waals surface area contributed by atoms with Crippen LogP contribution in [0.15, 0.2) is 33.9 Å². The summed E-state index contributed by atoms with van der Waals surface area (Å²) in [6.07, 6.45) is 3.42. The first-order valence-electron chi connectivity index (χ1n) is 10.2. The number of hydrogen-bond acceptors (Lipinski definition) is 4. The van der Waals surface area contributed by atoms with Gasteiger partial charge in [0.25, 0.3) is 0 Å². The van der Waals surface area contributed by atoms with Crippen LogP contribution in [0.25, 0.3) is 11.0 Å². The molecule has 1 fully saturated rings. The zero-order chi connectivity index (χ0) is 20.1. The van der Waals surface area contributed by atoms with Gasteiger partial charge < -0.3 is 14.8 Å². The van der Waals surface area contributed by atoms with Crippen LogP contribution in [0.3, 0.4) is 0 Å². The van der Waals surface area contributed by atoms with E-state index >= 15 is 0 Å². The predicted octanol–water partition coefficient (Wildman–Crippen LogP) is 1.42. The molecule has 0 unspecified atom stereocenters. The molecule has 7 heteroatoms. The third-order valence-corrected chi connectivity index (χ3v) is 5.47. The maximum absolute atomic E-state index is 12.5. The van der Waals surface area contributed by atoms with Gasteiger partial charge in [-0.3, -0.25) is 19.0 Å². The van der Waals surface area contributed by atoms with E-state index in [1.165, 1.54) is 22.0 Å². The molecule has 152 valence electrons. The van der Waals surface area contributed by atoms with Crippen molar-refractivity contribution in [2.24, 2.45) is 5.92 Å². The molecule has 1 amide bonds. The Morgan fingerprint density at radius 2 is 1.82 bits per heavy atom. The second kappa shape index (κ2) is 9.19. The third kappa shape index (κ3) is 4.52. The molecule has 0 aliphatic carbocycles. The Kier molecular flexibility index (Phi) is 6.67. The molecule has 1 aliphatic heterocycles. The van der Waals surface area contributed by atoms with E-state index in [2.05, 4.69) is 17.1 Å². The molecule has 2 heterocycles. The minimum Gasteiger partial charge on any atom is -0.355 e. The summed E-state index contributed by atoms with van der Waals surface area (Å²) in [5, 5.41) is 2.89. The van der Waals surface area contributed by atoms with Gasteiger partial charge in [0.15, 0.2) is 0 Å². The molecular formula is C21H30N4O3. The van der Waals surface area contributed by atoms with Gasteiger partial charge in [0.1, 0.15) is 6.54 Å². The zero-order valence-electron chi connectivity index (χ0n) is 16.8. The topological polar surface area (TPSA) is 76.3 Å². The summed E-state index contributed by atoms with van der Waals surface area (Å²) < 4.78 is 2.73. The predicted molar refractivity (Wildman–Crippen MR) is 111 cm³/mol. The number of aryl methyl sites for hydroxylation is 1. The van der Waals surface area contributed by atoms with Gasteiger partial charge >= 0.3 is 11.1 Å². The van der Waals surface area contributed by atoms with Crippen molar-refractivity contribution in [1.29, 1.82) is 0 Å². The van der Waals surface area contributed by atoms with Gasteiger partial charge in [0.05, 0.1) is 11.0 Å². The normalized spacial score (nSPS) is 17.7. The Hall–Kier alpha value is -2.41. The number of rotatable bonds is 7. The molecule has 28 heavy (non-hydrogen) atoms. The third-order valence-electron chi connectivity index (χ3n) is 5.47. The second-order valence-corrected chi connectivity index (χ2v) is 7.68. The molecule has 7 nitrogen and oxygen atoms in total. The number of nitrogens with zero attached hydrogens (tertiary/aromatic N) is 3. The number of piperidine rings is 1. The first-order valence-corrected chi connectivity index (χ1v) is 10.2. The first-order chi connectivity index (χ1) is 13.5. The summed E-state index contributed by atoms with van der Waals surface area (Å²) >= 11 is 0. The molecule has 0 bridgehead atoms. The number of fused-ring (bicyclic) bond motifs is 1. The molecule has 0 saturated carbocycles. The monoisotopic (exact) mass is 386 g/mol. The summed E-state index contributed by atoms with van der Waals surface area (Å²) in [7, 11) is 0. The second-order valence-electron chi connectivity index (χ2n) is 7.68. The molecule has 0 spiro atoms. The highest BCUT2D eigenvalue weighted by Crippen LogP contribution is 2.15. The van der Waals surface area contributed by atoms with Crippen molar-refractivity contribution in [1.82, 2.24) is 19.4 Å². The largest absolute Gasteiger partial charge is 0.355 e. The van der Waals surface area contributed by atoms with E-state index in [1.807, 2.05) is 13.0 Å². The number of benzene rings is 1. The van der Waals surface area contributed by atoms with Crippen LogP contribution in [0.2, 0.25) is 0 Å². The lowest BCUT2D eigenvalue weighted by Crippen LogP contribution is -2.44. The number of hydrogen-bond donors (Lipinski definition) is 1.